The third kappa shape index (κ3) is 2.57. The van der Waals surface area contributed by atoms with Gasteiger partial charge in [0.1, 0.15) is 5.82 Å². The first kappa shape index (κ1) is 11.1. The van der Waals surface area contributed by atoms with Crippen LogP contribution in [0.4, 0.5) is 4.39 Å². The lowest BCUT2D eigenvalue weighted by atomic mass is 10.2. The summed E-state index contributed by atoms with van der Waals surface area (Å²) in [6, 6.07) is 8.80. The quantitative estimate of drug-likeness (QED) is 0.758. The topological polar surface area (TPSA) is 36.3 Å². The molecule has 0 radical (unpaired) electrons. The first-order valence-electron chi connectivity index (χ1n) is 5.26. The van der Waals surface area contributed by atoms with Crippen molar-refractivity contribution in [3.8, 4) is 6.07 Å². The summed E-state index contributed by atoms with van der Waals surface area (Å²) in [5, 5.41) is 8.75. The van der Waals surface area contributed by atoms with Crippen molar-refractivity contribution < 1.29 is 9.13 Å². The van der Waals surface area contributed by atoms with Crippen molar-refractivity contribution in [3.05, 3.63) is 35.6 Å². The molecule has 0 N–H and O–H groups in total. The van der Waals surface area contributed by atoms with Gasteiger partial charge in [0, 0.05) is 25.2 Å². The predicted octanol–water partition coefficient (Wildman–Crippen LogP) is 1.55. The molecule has 0 bridgehead atoms. The highest BCUT2D eigenvalue weighted by Crippen LogP contribution is 2.12. The van der Waals surface area contributed by atoms with Crippen molar-refractivity contribution in [1.29, 1.82) is 5.26 Å². The molecule has 84 valence electrons. The van der Waals surface area contributed by atoms with Gasteiger partial charge in [0.25, 0.3) is 0 Å². The number of ether oxygens (including phenoxy) is 1. The van der Waals surface area contributed by atoms with E-state index in [0.717, 1.165) is 6.54 Å². The molecular weight excluding hydrogens is 207 g/mol. The van der Waals surface area contributed by atoms with E-state index in [2.05, 4.69) is 6.07 Å². The van der Waals surface area contributed by atoms with Crippen LogP contribution in [0, 0.1) is 17.1 Å². The Morgan fingerprint density at radius 1 is 1.50 bits per heavy atom. The first-order valence-corrected chi connectivity index (χ1v) is 5.26. The minimum Gasteiger partial charge on any atom is -0.361 e. The predicted molar refractivity (Wildman–Crippen MR) is 57.0 cm³/mol. The molecule has 0 spiro atoms. The largest absolute Gasteiger partial charge is 0.361 e. The Bertz CT molecular complexity index is 402. The molecule has 1 heterocycles. The maximum Gasteiger partial charge on any atom is 0.156 e. The SMILES string of the molecule is N#C[C@H]1CN(Cc2ccccc2F)CCO1. The van der Waals surface area contributed by atoms with Gasteiger partial charge in [-0.05, 0) is 6.07 Å². The maximum atomic E-state index is 13.4. The normalized spacial score (nSPS) is 21.6. The fourth-order valence-electron chi connectivity index (χ4n) is 1.79. The Labute approximate surface area is 94.0 Å². The van der Waals surface area contributed by atoms with E-state index in [0.29, 0.717) is 25.3 Å². The highest BCUT2D eigenvalue weighted by molar-refractivity contribution is 5.17. The van der Waals surface area contributed by atoms with E-state index in [9.17, 15) is 4.39 Å². The van der Waals surface area contributed by atoms with Crippen molar-refractivity contribution in [2.24, 2.45) is 0 Å². The van der Waals surface area contributed by atoms with Gasteiger partial charge in [-0.2, -0.15) is 5.26 Å². The van der Waals surface area contributed by atoms with E-state index >= 15 is 0 Å². The van der Waals surface area contributed by atoms with Crippen LogP contribution in [0.5, 0.6) is 0 Å². The Morgan fingerprint density at radius 3 is 3.06 bits per heavy atom. The summed E-state index contributed by atoms with van der Waals surface area (Å²) in [7, 11) is 0. The molecule has 1 aromatic carbocycles. The number of nitriles is 1. The van der Waals surface area contributed by atoms with Gasteiger partial charge in [-0.15, -0.1) is 0 Å². The van der Waals surface area contributed by atoms with E-state index in [-0.39, 0.29) is 11.9 Å². The highest BCUT2D eigenvalue weighted by atomic mass is 19.1. The molecule has 1 atom stereocenters. The minimum atomic E-state index is -0.388. The van der Waals surface area contributed by atoms with Gasteiger partial charge >= 0.3 is 0 Å². The summed E-state index contributed by atoms with van der Waals surface area (Å²) in [6.07, 6.45) is -0.388. The van der Waals surface area contributed by atoms with Crippen LogP contribution < -0.4 is 0 Å². The van der Waals surface area contributed by atoms with Crippen molar-refractivity contribution in [3.63, 3.8) is 0 Å². The summed E-state index contributed by atoms with van der Waals surface area (Å²) < 4.78 is 18.6. The maximum absolute atomic E-state index is 13.4. The van der Waals surface area contributed by atoms with Crippen molar-refractivity contribution >= 4 is 0 Å². The average Bonchev–Trinajstić information content (AvgIpc) is 2.32. The van der Waals surface area contributed by atoms with E-state index < -0.39 is 0 Å². The molecule has 1 saturated heterocycles. The molecule has 0 unspecified atom stereocenters. The summed E-state index contributed by atoms with van der Waals surface area (Å²) >= 11 is 0. The van der Waals surface area contributed by atoms with Crippen LogP contribution in [0.15, 0.2) is 24.3 Å². The Balaban J connectivity index is 2.00. The zero-order valence-electron chi connectivity index (χ0n) is 8.90. The second-order valence-electron chi connectivity index (χ2n) is 3.82. The molecule has 1 aliphatic heterocycles. The van der Waals surface area contributed by atoms with Gasteiger partial charge in [-0.3, -0.25) is 4.90 Å². The molecule has 0 saturated carbocycles. The van der Waals surface area contributed by atoms with E-state index in [1.807, 2.05) is 11.0 Å². The van der Waals surface area contributed by atoms with Crippen molar-refractivity contribution in [1.82, 2.24) is 4.90 Å². The van der Waals surface area contributed by atoms with Crippen molar-refractivity contribution in [2.75, 3.05) is 19.7 Å². The highest BCUT2D eigenvalue weighted by Gasteiger charge is 2.20. The molecule has 1 aromatic rings. The molecule has 1 fully saturated rings. The van der Waals surface area contributed by atoms with Gasteiger partial charge in [0.15, 0.2) is 6.10 Å². The lowest BCUT2D eigenvalue weighted by Gasteiger charge is -2.29. The Kier molecular flexibility index (Phi) is 3.50. The standard InChI is InChI=1S/C12H13FN2O/c13-12-4-2-1-3-10(12)8-15-5-6-16-11(7-14)9-15/h1-4,11H,5-6,8-9H2/t11-/m0/s1. The molecule has 3 nitrogen and oxygen atoms in total. The zero-order chi connectivity index (χ0) is 11.4. The number of hydrogen-bond donors (Lipinski definition) is 0. The van der Waals surface area contributed by atoms with Crippen LogP contribution in [0.3, 0.4) is 0 Å². The molecule has 0 aliphatic carbocycles. The van der Waals surface area contributed by atoms with Crippen LogP contribution in [-0.2, 0) is 11.3 Å². The van der Waals surface area contributed by atoms with Crippen LogP contribution >= 0.6 is 0 Å². The number of halogens is 1. The number of benzene rings is 1. The summed E-state index contributed by atoms with van der Waals surface area (Å²) in [4.78, 5) is 2.04. The molecular formula is C12H13FN2O. The summed E-state index contributed by atoms with van der Waals surface area (Å²) in [6.45, 7) is 2.36. The smallest absolute Gasteiger partial charge is 0.156 e. The third-order valence-electron chi connectivity index (χ3n) is 2.65. The van der Waals surface area contributed by atoms with E-state index in [1.54, 1.807) is 12.1 Å². The second-order valence-corrected chi connectivity index (χ2v) is 3.82. The van der Waals surface area contributed by atoms with E-state index in [1.165, 1.54) is 6.07 Å². The third-order valence-corrected chi connectivity index (χ3v) is 2.65. The van der Waals surface area contributed by atoms with Crippen LogP contribution in [-0.4, -0.2) is 30.7 Å². The number of rotatable bonds is 2. The molecule has 16 heavy (non-hydrogen) atoms. The fraction of sp³-hybridized carbons (Fsp3) is 0.417. The molecule has 1 aliphatic rings. The van der Waals surface area contributed by atoms with Gasteiger partial charge in [0.2, 0.25) is 0 Å². The van der Waals surface area contributed by atoms with Gasteiger partial charge in [0.05, 0.1) is 12.7 Å². The van der Waals surface area contributed by atoms with Gasteiger partial charge < -0.3 is 4.74 Å². The van der Waals surface area contributed by atoms with Crippen molar-refractivity contribution in [2.45, 2.75) is 12.6 Å². The molecule has 0 amide bonds. The second kappa shape index (κ2) is 5.06. The summed E-state index contributed by atoms with van der Waals surface area (Å²) in [5.74, 6) is -0.192. The Hall–Kier alpha value is -1.44. The zero-order valence-corrected chi connectivity index (χ0v) is 8.90. The lowest BCUT2D eigenvalue weighted by molar-refractivity contribution is -0.00304. The Morgan fingerprint density at radius 2 is 2.31 bits per heavy atom. The van der Waals surface area contributed by atoms with E-state index in [4.69, 9.17) is 10.00 Å². The monoisotopic (exact) mass is 220 g/mol. The summed E-state index contributed by atoms with van der Waals surface area (Å²) in [5.41, 5.74) is 0.668. The number of hydrogen-bond acceptors (Lipinski definition) is 3. The number of nitrogens with zero attached hydrogens (tertiary/aromatic N) is 2. The molecule has 0 aromatic heterocycles. The molecule has 2 rings (SSSR count). The molecule has 4 heteroatoms. The van der Waals surface area contributed by atoms with Crippen LogP contribution in [0.25, 0.3) is 0 Å². The minimum absolute atomic E-state index is 0.192. The van der Waals surface area contributed by atoms with Crippen LogP contribution in [0.2, 0.25) is 0 Å². The van der Waals surface area contributed by atoms with Gasteiger partial charge in [-0.1, -0.05) is 18.2 Å². The van der Waals surface area contributed by atoms with Crippen LogP contribution in [0.1, 0.15) is 5.56 Å². The van der Waals surface area contributed by atoms with Gasteiger partial charge in [-0.25, -0.2) is 4.39 Å². The fourth-order valence-corrected chi connectivity index (χ4v) is 1.79. The first-order chi connectivity index (χ1) is 7.79. The lowest BCUT2D eigenvalue weighted by Crippen LogP contribution is -2.41. The number of morpholine rings is 1. The average molecular weight is 220 g/mol.